The summed E-state index contributed by atoms with van der Waals surface area (Å²) in [7, 11) is 3.63. The molecule has 1 aliphatic carbocycles. The molecule has 3 radical (unpaired) electrons. The fourth-order valence-electron chi connectivity index (χ4n) is 3.45. The smallest absolute Gasteiger partial charge is 0.131 e. The summed E-state index contributed by atoms with van der Waals surface area (Å²) in [6.07, 6.45) is 4.85. The van der Waals surface area contributed by atoms with Crippen LogP contribution in [0.2, 0.25) is 6.04 Å². The van der Waals surface area contributed by atoms with Gasteiger partial charge in [-0.05, 0) is 48.8 Å². The largest absolute Gasteiger partial charge is 0.206 e. The first-order valence-electron chi connectivity index (χ1n) is 8.18. The third-order valence-corrected chi connectivity index (χ3v) is 5.54. The van der Waals surface area contributed by atoms with Gasteiger partial charge < -0.3 is 0 Å². The molecule has 113 valence electrons. The molecule has 22 heavy (non-hydrogen) atoms. The molecule has 0 N–H and O–H groups in total. The lowest BCUT2D eigenvalue weighted by molar-refractivity contribution is 0.347. The van der Waals surface area contributed by atoms with E-state index in [1.165, 1.54) is 36.8 Å². The van der Waals surface area contributed by atoms with Crippen LogP contribution in [-0.2, 0) is 0 Å². The van der Waals surface area contributed by atoms with E-state index in [1.807, 2.05) is 37.3 Å². The maximum absolute atomic E-state index is 14.5. The predicted molar refractivity (Wildman–Crippen MR) is 91.8 cm³/mol. The number of hydrogen-bond donors (Lipinski definition) is 0. The van der Waals surface area contributed by atoms with Gasteiger partial charge in [-0.1, -0.05) is 60.8 Å². The molecule has 0 amide bonds. The lowest BCUT2D eigenvalue weighted by atomic mass is 9.79. The quantitative estimate of drug-likeness (QED) is 0.642. The molecule has 0 aromatic heterocycles. The van der Waals surface area contributed by atoms with E-state index in [1.54, 1.807) is 6.07 Å². The minimum absolute atomic E-state index is 0.0939. The van der Waals surface area contributed by atoms with Crippen molar-refractivity contribution in [3.05, 3.63) is 59.4 Å². The summed E-state index contributed by atoms with van der Waals surface area (Å²) in [5.41, 5.74) is 4.03. The van der Waals surface area contributed by atoms with E-state index in [0.29, 0.717) is 11.5 Å². The Labute approximate surface area is 136 Å². The van der Waals surface area contributed by atoms with Crippen LogP contribution in [0.3, 0.4) is 0 Å². The van der Waals surface area contributed by atoms with Crippen molar-refractivity contribution in [2.45, 2.75) is 44.6 Å². The molecule has 0 nitrogen and oxygen atoms in total. The van der Waals surface area contributed by atoms with Gasteiger partial charge in [-0.2, -0.15) is 0 Å². The van der Waals surface area contributed by atoms with Crippen LogP contribution < -0.4 is 0 Å². The number of aryl methyl sites for hydroxylation is 1. The van der Waals surface area contributed by atoms with Crippen LogP contribution in [-0.4, -0.2) is 10.2 Å². The molecule has 0 aliphatic heterocycles. The van der Waals surface area contributed by atoms with Gasteiger partial charge in [0.1, 0.15) is 5.82 Å². The molecular weight excluding hydrogens is 287 g/mol. The van der Waals surface area contributed by atoms with Crippen molar-refractivity contribution < 1.29 is 4.39 Å². The minimum Gasteiger partial charge on any atom is -0.206 e. The number of halogens is 1. The van der Waals surface area contributed by atoms with Crippen LogP contribution in [0.25, 0.3) is 11.1 Å². The second-order valence-corrected chi connectivity index (χ2v) is 6.94. The minimum atomic E-state index is -0.0939. The SMILES string of the molecule is Cc1ccc(-c2ccc(C3CCC(C[Si])CC3)cc2F)cc1. The standard InChI is InChI=1S/C20H22FSi/c1-14-2-6-17(7-3-14)19-11-10-18(12-20(19)21)16-8-4-15(13-22)5-9-16/h2-3,6-7,10-12,15-16H,4-5,8-9,13H2,1H3. The summed E-state index contributed by atoms with van der Waals surface area (Å²) in [5, 5.41) is 0. The summed E-state index contributed by atoms with van der Waals surface area (Å²) in [4.78, 5) is 0. The van der Waals surface area contributed by atoms with Crippen LogP contribution in [0, 0.1) is 18.7 Å². The number of hydrogen-bond acceptors (Lipinski definition) is 0. The Kier molecular flexibility index (Phi) is 4.77. The van der Waals surface area contributed by atoms with Crippen LogP contribution in [0.5, 0.6) is 0 Å². The van der Waals surface area contributed by atoms with Crippen LogP contribution in [0.4, 0.5) is 4.39 Å². The molecule has 0 bridgehead atoms. The van der Waals surface area contributed by atoms with Crippen molar-refractivity contribution in [2.75, 3.05) is 0 Å². The zero-order valence-electron chi connectivity index (χ0n) is 13.1. The Hall–Kier alpha value is -1.41. The summed E-state index contributed by atoms with van der Waals surface area (Å²) in [6, 6.07) is 15.0. The lowest BCUT2D eigenvalue weighted by Gasteiger charge is -2.28. The first kappa shape index (κ1) is 15.5. The molecule has 0 unspecified atom stereocenters. The van der Waals surface area contributed by atoms with Crippen LogP contribution in [0.1, 0.15) is 42.7 Å². The predicted octanol–water partition coefficient (Wildman–Crippen LogP) is 5.66. The van der Waals surface area contributed by atoms with Gasteiger partial charge in [0.25, 0.3) is 0 Å². The Morgan fingerprint density at radius 2 is 1.68 bits per heavy atom. The van der Waals surface area contributed by atoms with E-state index in [9.17, 15) is 4.39 Å². The molecular formula is C20H22FSi. The maximum Gasteiger partial charge on any atom is 0.131 e. The highest BCUT2D eigenvalue weighted by Gasteiger charge is 2.22. The zero-order valence-corrected chi connectivity index (χ0v) is 14.1. The van der Waals surface area contributed by atoms with Crippen molar-refractivity contribution in [3.8, 4) is 11.1 Å². The third kappa shape index (κ3) is 3.32. The maximum atomic E-state index is 14.5. The second-order valence-electron chi connectivity index (χ2n) is 6.53. The lowest BCUT2D eigenvalue weighted by Crippen LogP contribution is -2.13. The van der Waals surface area contributed by atoms with Crippen molar-refractivity contribution in [3.63, 3.8) is 0 Å². The first-order chi connectivity index (χ1) is 10.7. The Morgan fingerprint density at radius 1 is 1.00 bits per heavy atom. The highest BCUT2D eigenvalue weighted by Crippen LogP contribution is 2.38. The fraction of sp³-hybridized carbons (Fsp3) is 0.400. The van der Waals surface area contributed by atoms with Gasteiger partial charge >= 0.3 is 0 Å². The van der Waals surface area contributed by atoms with Crippen LogP contribution in [0.15, 0.2) is 42.5 Å². The molecule has 2 aromatic carbocycles. The Bertz CT molecular complexity index is 625. The van der Waals surface area contributed by atoms with E-state index < -0.39 is 0 Å². The highest BCUT2D eigenvalue weighted by molar-refractivity contribution is 6.08. The van der Waals surface area contributed by atoms with Gasteiger partial charge in [0.2, 0.25) is 0 Å². The normalized spacial score (nSPS) is 21.8. The molecule has 1 fully saturated rings. The van der Waals surface area contributed by atoms with Gasteiger partial charge in [-0.25, -0.2) is 4.39 Å². The van der Waals surface area contributed by atoms with Gasteiger partial charge in [-0.3, -0.25) is 0 Å². The monoisotopic (exact) mass is 309 g/mol. The second kappa shape index (κ2) is 6.78. The molecule has 0 atom stereocenters. The number of benzene rings is 2. The van der Waals surface area contributed by atoms with Crippen molar-refractivity contribution in [2.24, 2.45) is 5.92 Å². The number of rotatable bonds is 3. The highest BCUT2D eigenvalue weighted by atomic mass is 28.1. The molecule has 2 aromatic rings. The van der Waals surface area contributed by atoms with Crippen molar-refractivity contribution in [1.29, 1.82) is 0 Å². The topological polar surface area (TPSA) is 0 Å². The van der Waals surface area contributed by atoms with Gasteiger partial charge in [0.15, 0.2) is 0 Å². The summed E-state index contributed by atoms with van der Waals surface area (Å²) in [5.74, 6) is 1.23. The van der Waals surface area contributed by atoms with Crippen molar-refractivity contribution in [1.82, 2.24) is 0 Å². The summed E-state index contributed by atoms with van der Waals surface area (Å²) in [6.45, 7) is 2.05. The van der Waals surface area contributed by atoms with E-state index >= 15 is 0 Å². The third-order valence-electron chi connectivity index (χ3n) is 4.96. The van der Waals surface area contributed by atoms with E-state index in [4.69, 9.17) is 0 Å². The Balaban J connectivity index is 1.79. The molecule has 1 aliphatic rings. The molecule has 1 saturated carbocycles. The molecule has 3 rings (SSSR count). The summed E-state index contributed by atoms with van der Waals surface area (Å²) < 4.78 is 14.5. The van der Waals surface area contributed by atoms with Gasteiger partial charge in [-0.15, -0.1) is 0 Å². The van der Waals surface area contributed by atoms with Crippen molar-refractivity contribution >= 4 is 10.2 Å². The van der Waals surface area contributed by atoms with E-state index in [0.717, 1.165) is 17.5 Å². The van der Waals surface area contributed by atoms with Gasteiger partial charge in [0.05, 0.1) is 0 Å². The van der Waals surface area contributed by atoms with Crippen LogP contribution >= 0.6 is 0 Å². The van der Waals surface area contributed by atoms with Gasteiger partial charge in [0, 0.05) is 15.8 Å². The zero-order chi connectivity index (χ0) is 15.5. The average Bonchev–Trinajstić information content (AvgIpc) is 2.56. The molecule has 2 heteroatoms. The molecule has 0 spiro atoms. The molecule has 0 heterocycles. The average molecular weight is 309 g/mol. The summed E-state index contributed by atoms with van der Waals surface area (Å²) >= 11 is 0. The van der Waals surface area contributed by atoms with E-state index in [2.05, 4.69) is 16.3 Å². The molecule has 0 saturated heterocycles. The fourth-order valence-corrected chi connectivity index (χ4v) is 3.86. The Morgan fingerprint density at radius 3 is 2.27 bits per heavy atom. The first-order valence-corrected chi connectivity index (χ1v) is 8.89. The van der Waals surface area contributed by atoms with E-state index in [-0.39, 0.29) is 5.82 Å².